The Morgan fingerprint density at radius 1 is 1.64 bits per heavy atom. The maximum atomic E-state index is 5.57. The van der Waals surface area contributed by atoms with E-state index in [0.29, 0.717) is 0 Å². The zero-order valence-corrected chi connectivity index (χ0v) is 8.76. The fourth-order valence-electron chi connectivity index (χ4n) is 0.583. The maximum Gasteiger partial charge on any atom is 0.308 e. The van der Waals surface area contributed by atoms with E-state index < -0.39 is 0 Å². The molecule has 1 radical (unpaired) electrons. The van der Waals surface area contributed by atoms with Crippen LogP contribution in [0.1, 0.15) is 13.8 Å². The summed E-state index contributed by atoms with van der Waals surface area (Å²) in [5.74, 6) is 0. The molecule has 65 valence electrons. The van der Waals surface area contributed by atoms with Gasteiger partial charge in [-0.1, -0.05) is 0 Å². The summed E-state index contributed by atoms with van der Waals surface area (Å²) in [6.07, 6.45) is 1.85. The van der Waals surface area contributed by atoms with Gasteiger partial charge in [-0.25, -0.2) is 0 Å². The number of rotatable bonds is 1. The summed E-state index contributed by atoms with van der Waals surface area (Å²) < 4.78 is 0. The molecular weight excluding hydrogens is 203 g/mol. The summed E-state index contributed by atoms with van der Waals surface area (Å²) in [4.78, 5) is 5.33. The van der Waals surface area contributed by atoms with Crippen molar-refractivity contribution in [2.75, 3.05) is 0 Å². The SMILES string of the molecule is CC1=C[N+]=C([C@@H](C)N)S1.Cl.[Cl-]. The second-order valence-electron chi connectivity index (χ2n) is 2.10. The van der Waals surface area contributed by atoms with Crippen molar-refractivity contribution in [3.8, 4) is 0 Å². The molecule has 1 aliphatic rings. The van der Waals surface area contributed by atoms with E-state index in [-0.39, 0.29) is 30.9 Å². The summed E-state index contributed by atoms with van der Waals surface area (Å²) in [6.45, 7) is 3.97. The first kappa shape index (κ1) is 13.9. The lowest BCUT2D eigenvalue weighted by Crippen LogP contribution is -3.00. The van der Waals surface area contributed by atoms with Crippen molar-refractivity contribution in [1.82, 2.24) is 4.99 Å². The lowest BCUT2D eigenvalue weighted by Gasteiger charge is -1.92. The van der Waals surface area contributed by atoms with Crippen LogP contribution >= 0.6 is 24.2 Å². The third kappa shape index (κ3) is 4.01. The van der Waals surface area contributed by atoms with Crippen molar-refractivity contribution in [1.29, 1.82) is 0 Å². The fraction of sp³-hybridized carbons (Fsp3) is 0.500. The van der Waals surface area contributed by atoms with Gasteiger partial charge in [0.15, 0.2) is 0 Å². The van der Waals surface area contributed by atoms with Crippen LogP contribution in [0.3, 0.4) is 0 Å². The van der Waals surface area contributed by atoms with Crippen molar-refractivity contribution in [3.63, 3.8) is 0 Å². The quantitative estimate of drug-likeness (QED) is 0.554. The smallest absolute Gasteiger partial charge is 0.308 e. The maximum absolute atomic E-state index is 5.57. The van der Waals surface area contributed by atoms with Gasteiger partial charge < -0.3 is 18.1 Å². The summed E-state index contributed by atoms with van der Waals surface area (Å²) in [5, 5.41) is 1.02. The van der Waals surface area contributed by atoms with Crippen LogP contribution in [0, 0.1) is 0 Å². The molecule has 1 aliphatic heterocycles. The molecule has 1 heterocycles. The molecule has 0 spiro atoms. The average molecular weight is 214 g/mol. The van der Waals surface area contributed by atoms with E-state index in [2.05, 4.69) is 4.99 Å². The molecule has 0 aliphatic carbocycles. The summed E-state index contributed by atoms with van der Waals surface area (Å²) >= 11 is 1.66. The van der Waals surface area contributed by atoms with Crippen LogP contribution < -0.4 is 23.1 Å². The van der Waals surface area contributed by atoms with E-state index in [1.54, 1.807) is 11.8 Å². The third-order valence-electron chi connectivity index (χ3n) is 1.03. The van der Waals surface area contributed by atoms with Gasteiger partial charge in [0.05, 0.1) is 9.90 Å². The standard InChI is InChI=1S/C6H10N2S.2ClH/c1-4-3-8-6(9-4)5(2)7;;/h3,5H,7H2,1-2H3;2*1H/q+1;;/p-1/t5-;;/m1../s1. The Balaban J connectivity index is 0. The predicted octanol–water partition coefficient (Wildman–Crippen LogP) is -1.90. The molecular formula is C6H11Cl2N2S. The number of nitrogens with zero attached hydrogens (tertiary/aromatic N) is 1. The van der Waals surface area contributed by atoms with Gasteiger partial charge in [-0.15, -0.1) is 12.4 Å². The number of thioether (sulfide) groups is 1. The Morgan fingerprint density at radius 2 is 2.18 bits per heavy atom. The Bertz CT molecular complexity index is 177. The number of hydrogen-bond acceptors (Lipinski definition) is 3. The summed E-state index contributed by atoms with van der Waals surface area (Å²) in [5.41, 5.74) is 5.57. The minimum Gasteiger partial charge on any atom is -1.00 e. The van der Waals surface area contributed by atoms with Crippen molar-refractivity contribution in [2.45, 2.75) is 19.9 Å². The minimum atomic E-state index is 0. The zero-order valence-electron chi connectivity index (χ0n) is 6.37. The largest absolute Gasteiger partial charge is 1.00 e. The van der Waals surface area contributed by atoms with Gasteiger partial charge in [-0.3, -0.25) is 0 Å². The molecule has 0 fully saturated rings. The predicted molar refractivity (Wildman–Crippen MR) is 49.4 cm³/mol. The third-order valence-corrected chi connectivity index (χ3v) is 2.14. The number of allylic oxidation sites excluding steroid dienone is 1. The highest BCUT2D eigenvalue weighted by Gasteiger charge is 2.23. The molecule has 0 saturated carbocycles. The monoisotopic (exact) mass is 213 g/mol. The van der Waals surface area contributed by atoms with E-state index in [1.807, 2.05) is 20.0 Å². The van der Waals surface area contributed by atoms with E-state index in [1.165, 1.54) is 4.91 Å². The number of halogens is 2. The molecule has 2 N–H and O–H groups in total. The van der Waals surface area contributed by atoms with Crippen molar-refractivity contribution in [3.05, 3.63) is 11.1 Å². The van der Waals surface area contributed by atoms with Crippen molar-refractivity contribution < 1.29 is 12.4 Å². The van der Waals surface area contributed by atoms with Crippen LogP contribution in [0.4, 0.5) is 0 Å². The second-order valence-corrected chi connectivity index (χ2v) is 3.36. The topological polar surface area (TPSA) is 40.1 Å². The van der Waals surface area contributed by atoms with Gasteiger partial charge in [0.25, 0.3) is 6.20 Å². The van der Waals surface area contributed by atoms with Crippen LogP contribution in [0.25, 0.3) is 0 Å². The van der Waals surface area contributed by atoms with Gasteiger partial charge in [-0.05, 0) is 25.6 Å². The number of hydrogen-bond donors (Lipinski definition) is 1. The highest BCUT2D eigenvalue weighted by Crippen LogP contribution is 2.20. The van der Waals surface area contributed by atoms with Gasteiger partial charge in [-0.2, -0.15) is 0 Å². The molecule has 11 heavy (non-hydrogen) atoms. The van der Waals surface area contributed by atoms with Crippen LogP contribution in [0.5, 0.6) is 0 Å². The van der Waals surface area contributed by atoms with Crippen LogP contribution in [0.15, 0.2) is 11.1 Å². The van der Waals surface area contributed by atoms with Crippen molar-refractivity contribution >= 4 is 29.2 Å². The molecule has 0 aromatic rings. The Morgan fingerprint density at radius 3 is 2.36 bits per heavy atom. The molecule has 0 amide bonds. The molecule has 1 rings (SSSR count). The lowest BCUT2D eigenvalue weighted by atomic mass is 10.4. The molecule has 5 heteroatoms. The molecule has 0 saturated heterocycles. The molecule has 0 unspecified atom stereocenters. The van der Waals surface area contributed by atoms with E-state index in [0.717, 1.165) is 5.04 Å². The number of aliphatic imine (C=N–C) groups is 1. The summed E-state index contributed by atoms with van der Waals surface area (Å²) in [6, 6.07) is 0.0868. The van der Waals surface area contributed by atoms with Crippen molar-refractivity contribution in [2.24, 2.45) is 5.73 Å². The number of nitrogens with two attached hydrogens (primary N) is 1. The van der Waals surface area contributed by atoms with Gasteiger partial charge in [0.2, 0.25) is 0 Å². The lowest BCUT2D eigenvalue weighted by molar-refractivity contribution is -0.00000222. The summed E-state index contributed by atoms with van der Waals surface area (Å²) in [7, 11) is 0. The van der Waals surface area contributed by atoms with Gasteiger partial charge in [0, 0.05) is 0 Å². The highest BCUT2D eigenvalue weighted by atomic mass is 35.5. The first-order valence-corrected chi connectivity index (χ1v) is 3.69. The molecule has 2 nitrogen and oxygen atoms in total. The van der Waals surface area contributed by atoms with E-state index >= 15 is 0 Å². The Hall–Kier alpha value is 0.300. The molecule has 0 aromatic heterocycles. The zero-order chi connectivity index (χ0) is 6.85. The van der Waals surface area contributed by atoms with Crippen LogP contribution in [-0.4, -0.2) is 11.1 Å². The Labute approximate surface area is 83.5 Å². The van der Waals surface area contributed by atoms with E-state index in [9.17, 15) is 0 Å². The first-order chi connectivity index (χ1) is 4.20. The highest BCUT2D eigenvalue weighted by molar-refractivity contribution is 8.17. The second kappa shape index (κ2) is 5.89. The Kier molecular flexibility index (Phi) is 7.42. The first-order valence-electron chi connectivity index (χ1n) is 2.88. The van der Waals surface area contributed by atoms with Gasteiger partial charge in [0.1, 0.15) is 6.04 Å². The molecule has 1 atom stereocenters. The van der Waals surface area contributed by atoms with Crippen LogP contribution in [-0.2, 0) is 0 Å². The normalized spacial score (nSPS) is 17.4. The molecule has 0 bridgehead atoms. The minimum absolute atomic E-state index is 0. The van der Waals surface area contributed by atoms with E-state index in [4.69, 9.17) is 5.73 Å². The van der Waals surface area contributed by atoms with Crippen LogP contribution in [0.2, 0.25) is 0 Å². The average Bonchev–Trinajstić information content (AvgIpc) is 2.14. The molecule has 0 aromatic carbocycles. The van der Waals surface area contributed by atoms with Gasteiger partial charge >= 0.3 is 5.04 Å². The fourth-order valence-corrected chi connectivity index (χ4v) is 1.31.